The SMILES string of the molecule is CCNC(=NCc1cc(Br)ccc1OC)N(C)CC(=O)NC(C)(C)C. The van der Waals surface area contributed by atoms with E-state index in [1.54, 1.807) is 7.11 Å². The van der Waals surface area contributed by atoms with Crippen LogP contribution in [0.15, 0.2) is 27.7 Å². The minimum absolute atomic E-state index is 0.0411. The molecule has 1 aromatic carbocycles. The maximum Gasteiger partial charge on any atom is 0.240 e. The lowest BCUT2D eigenvalue weighted by Gasteiger charge is -2.25. The first-order chi connectivity index (χ1) is 11.7. The molecule has 0 saturated heterocycles. The molecule has 0 aromatic heterocycles. The molecule has 2 N–H and O–H groups in total. The van der Waals surface area contributed by atoms with Crippen LogP contribution in [0.1, 0.15) is 33.3 Å². The fourth-order valence-electron chi connectivity index (χ4n) is 2.25. The van der Waals surface area contributed by atoms with E-state index in [2.05, 4.69) is 31.6 Å². The van der Waals surface area contributed by atoms with Crippen molar-refractivity contribution in [3.8, 4) is 5.75 Å². The number of nitrogens with zero attached hydrogens (tertiary/aromatic N) is 2. The molecule has 0 spiro atoms. The van der Waals surface area contributed by atoms with Gasteiger partial charge in [0.2, 0.25) is 5.91 Å². The van der Waals surface area contributed by atoms with Gasteiger partial charge in [0.1, 0.15) is 5.75 Å². The van der Waals surface area contributed by atoms with Gasteiger partial charge in [-0.2, -0.15) is 0 Å². The molecule has 0 aliphatic heterocycles. The number of benzene rings is 1. The van der Waals surface area contributed by atoms with Crippen LogP contribution in [0.2, 0.25) is 0 Å². The first-order valence-corrected chi connectivity index (χ1v) is 9.08. The number of amides is 1. The van der Waals surface area contributed by atoms with Gasteiger partial charge in [0.05, 0.1) is 20.2 Å². The van der Waals surface area contributed by atoms with E-state index < -0.39 is 0 Å². The van der Waals surface area contributed by atoms with E-state index in [-0.39, 0.29) is 18.0 Å². The Kier molecular flexibility index (Phi) is 8.22. The fourth-order valence-corrected chi connectivity index (χ4v) is 2.66. The van der Waals surface area contributed by atoms with Gasteiger partial charge in [-0.3, -0.25) is 4.79 Å². The van der Waals surface area contributed by atoms with Gasteiger partial charge in [-0.1, -0.05) is 15.9 Å². The second-order valence-corrected chi connectivity index (χ2v) is 7.70. The molecule has 0 bridgehead atoms. The lowest BCUT2D eigenvalue weighted by atomic mass is 10.1. The van der Waals surface area contributed by atoms with Crippen molar-refractivity contribution in [2.24, 2.45) is 4.99 Å². The largest absolute Gasteiger partial charge is 0.496 e. The highest BCUT2D eigenvalue weighted by Gasteiger charge is 2.16. The Balaban J connectivity index is 2.86. The van der Waals surface area contributed by atoms with Crippen LogP contribution in [-0.4, -0.2) is 49.6 Å². The summed E-state index contributed by atoms with van der Waals surface area (Å²) in [5, 5.41) is 6.17. The van der Waals surface area contributed by atoms with Gasteiger partial charge in [-0.25, -0.2) is 4.99 Å². The monoisotopic (exact) mass is 412 g/mol. The third-order valence-electron chi connectivity index (χ3n) is 3.23. The highest BCUT2D eigenvalue weighted by molar-refractivity contribution is 9.10. The summed E-state index contributed by atoms with van der Waals surface area (Å²) in [6.45, 7) is 9.30. The van der Waals surface area contributed by atoms with Crippen LogP contribution in [0.3, 0.4) is 0 Å². The zero-order chi connectivity index (χ0) is 19.0. The quantitative estimate of drug-likeness (QED) is 0.556. The van der Waals surface area contributed by atoms with Crippen LogP contribution in [0, 0.1) is 0 Å². The molecule has 0 unspecified atom stereocenters. The van der Waals surface area contributed by atoms with Gasteiger partial charge in [0.25, 0.3) is 0 Å². The number of carbonyl (C=O) groups excluding carboxylic acids is 1. The molecule has 0 fully saturated rings. The van der Waals surface area contributed by atoms with Crippen LogP contribution in [0.4, 0.5) is 0 Å². The third-order valence-corrected chi connectivity index (χ3v) is 3.73. The number of halogens is 1. The smallest absolute Gasteiger partial charge is 0.240 e. The molecule has 0 aliphatic rings. The number of rotatable bonds is 6. The van der Waals surface area contributed by atoms with Gasteiger partial charge in [-0.15, -0.1) is 0 Å². The van der Waals surface area contributed by atoms with Crippen molar-refractivity contribution in [2.75, 3.05) is 27.2 Å². The Labute approximate surface area is 159 Å². The first kappa shape index (κ1) is 21.3. The van der Waals surface area contributed by atoms with Crippen molar-refractivity contribution >= 4 is 27.8 Å². The summed E-state index contributed by atoms with van der Waals surface area (Å²) in [6, 6.07) is 5.82. The molecule has 6 nitrogen and oxygen atoms in total. The highest BCUT2D eigenvalue weighted by atomic mass is 79.9. The van der Waals surface area contributed by atoms with Crippen molar-refractivity contribution in [2.45, 2.75) is 39.8 Å². The third kappa shape index (κ3) is 7.77. The zero-order valence-electron chi connectivity index (χ0n) is 15.9. The zero-order valence-corrected chi connectivity index (χ0v) is 17.5. The molecule has 0 saturated carbocycles. The average Bonchev–Trinajstić information content (AvgIpc) is 2.49. The Morgan fingerprint density at radius 2 is 2.04 bits per heavy atom. The maximum atomic E-state index is 12.1. The van der Waals surface area contributed by atoms with Crippen molar-refractivity contribution in [1.29, 1.82) is 0 Å². The molecule has 0 heterocycles. The number of hydrogen-bond donors (Lipinski definition) is 2. The highest BCUT2D eigenvalue weighted by Crippen LogP contribution is 2.23. The van der Waals surface area contributed by atoms with Crippen LogP contribution in [0.5, 0.6) is 5.75 Å². The molecule has 0 aliphatic carbocycles. The summed E-state index contributed by atoms with van der Waals surface area (Å²) >= 11 is 3.47. The number of guanidine groups is 1. The summed E-state index contributed by atoms with van der Waals surface area (Å²) < 4.78 is 6.36. The van der Waals surface area contributed by atoms with Gasteiger partial charge in [-0.05, 0) is 45.9 Å². The summed E-state index contributed by atoms with van der Waals surface area (Å²) in [5.41, 5.74) is 0.719. The predicted molar refractivity (Wildman–Crippen MR) is 106 cm³/mol. The Morgan fingerprint density at radius 3 is 2.60 bits per heavy atom. The standard InChI is InChI=1S/C18H29BrN4O2/c1-7-20-17(23(5)12-16(24)22-18(2,3)4)21-11-13-10-14(19)8-9-15(13)25-6/h8-10H,7,11-12H2,1-6H3,(H,20,21)(H,22,24). The topological polar surface area (TPSA) is 66.0 Å². The predicted octanol–water partition coefficient (Wildman–Crippen LogP) is 2.77. The number of likely N-dealkylation sites (N-methyl/N-ethyl adjacent to an activating group) is 1. The van der Waals surface area contributed by atoms with Crippen molar-refractivity contribution in [3.63, 3.8) is 0 Å². The van der Waals surface area contributed by atoms with E-state index in [1.165, 1.54) is 0 Å². The van der Waals surface area contributed by atoms with Gasteiger partial charge in [0, 0.05) is 29.2 Å². The van der Waals surface area contributed by atoms with Gasteiger partial charge in [0.15, 0.2) is 5.96 Å². The molecule has 1 rings (SSSR count). The second-order valence-electron chi connectivity index (χ2n) is 6.78. The minimum Gasteiger partial charge on any atom is -0.496 e. The number of aliphatic imine (C=N–C) groups is 1. The summed E-state index contributed by atoms with van der Waals surface area (Å²) in [4.78, 5) is 18.6. The molecular weight excluding hydrogens is 384 g/mol. The first-order valence-electron chi connectivity index (χ1n) is 8.29. The summed E-state index contributed by atoms with van der Waals surface area (Å²) in [7, 11) is 3.49. The van der Waals surface area contributed by atoms with E-state index >= 15 is 0 Å². The fraction of sp³-hybridized carbons (Fsp3) is 0.556. The summed E-state index contributed by atoms with van der Waals surface area (Å²) in [6.07, 6.45) is 0. The summed E-state index contributed by atoms with van der Waals surface area (Å²) in [5.74, 6) is 1.42. The van der Waals surface area contributed by atoms with Crippen LogP contribution < -0.4 is 15.4 Å². The maximum absolute atomic E-state index is 12.1. The Morgan fingerprint density at radius 1 is 1.36 bits per heavy atom. The second kappa shape index (κ2) is 9.65. The van der Waals surface area contributed by atoms with Gasteiger partial charge < -0.3 is 20.3 Å². The molecule has 0 atom stereocenters. The molecule has 7 heteroatoms. The number of carbonyl (C=O) groups is 1. The van der Waals surface area contributed by atoms with E-state index in [4.69, 9.17) is 4.74 Å². The normalized spacial score (nSPS) is 11.9. The molecule has 140 valence electrons. The molecular formula is C18H29BrN4O2. The van der Waals surface area contributed by atoms with E-state index in [1.807, 2.05) is 57.8 Å². The van der Waals surface area contributed by atoms with Gasteiger partial charge >= 0.3 is 0 Å². The van der Waals surface area contributed by atoms with E-state index in [0.29, 0.717) is 12.5 Å². The van der Waals surface area contributed by atoms with E-state index in [9.17, 15) is 4.79 Å². The molecule has 0 radical (unpaired) electrons. The number of hydrogen-bond acceptors (Lipinski definition) is 3. The van der Waals surface area contributed by atoms with Crippen LogP contribution >= 0.6 is 15.9 Å². The molecule has 1 aromatic rings. The van der Waals surface area contributed by atoms with E-state index in [0.717, 1.165) is 22.3 Å². The van der Waals surface area contributed by atoms with Crippen molar-refractivity contribution < 1.29 is 9.53 Å². The lowest BCUT2D eigenvalue weighted by Crippen LogP contribution is -2.48. The number of methoxy groups -OCH3 is 1. The van der Waals surface area contributed by atoms with Crippen molar-refractivity contribution in [3.05, 3.63) is 28.2 Å². The molecule has 1 amide bonds. The Bertz CT molecular complexity index is 612. The number of ether oxygens (including phenoxy) is 1. The molecule has 25 heavy (non-hydrogen) atoms. The average molecular weight is 413 g/mol. The minimum atomic E-state index is -0.253. The van der Waals surface area contributed by atoms with Crippen molar-refractivity contribution in [1.82, 2.24) is 15.5 Å². The lowest BCUT2D eigenvalue weighted by molar-refractivity contribution is -0.122. The number of nitrogens with one attached hydrogen (secondary N) is 2. The van der Waals surface area contributed by atoms with Crippen LogP contribution in [0.25, 0.3) is 0 Å². The Hall–Kier alpha value is -1.76. The van der Waals surface area contributed by atoms with Crippen LogP contribution in [-0.2, 0) is 11.3 Å².